The van der Waals surface area contributed by atoms with Gasteiger partial charge in [0.1, 0.15) is 17.4 Å². The summed E-state index contributed by atoms with van der Waals surface area (Å²) in [5.41, 5.74) is 12.7. The van der Waals surface area contributed by atoms with E-state index in [1.807, 2.05) is 0 Å². The molecule has 0 aliphatic heterocycles. The third-order valence-corrected chi connectivity index (χ3v) is 3.07. The molecule has 1 heterocycles. The number of pyridine rings is 1. The van der Waals surface area contributed by atoms with Crippen molar-refractivity contribution in [3.63, 3.8) is 0 Å². The summed E-state index contributed by atoms with van der Waals surface area (Å²) in [6.45, 7) is 0. The van der Waals surface area contributed by atoms with E-state index in [4.69, 9.17) is 39.4 Å². The Balaban J connectivity index is 2.67. The van der Waals surface area contributed by atoms with Crippen molar-refractivity contribution in [2.45, 2.75) is 0 Å². The minimum absolute atomic E-state index is 0.293. The van der Waals surface area contributed by atoms with Gasteiger partial charge in [-0.1, -0.05) is 23.2 Å². The maximum Gasteiger partial charge on any atom is 0.139 e. The Morgan fingerprint density at radius 2 is 1.83 bits per heavy atom. The number of nitrogens with two attached hydrogens (primary N) is 2. The van der Waals surface area contributed by atoms with Gasteiger partial charge < -0.3 is 16.2 Å². The maximum atomic E-state index is 6.23. The zero-order valence-electron chi connectivity index (χ0n) is 9.58. The fourth-order valence-corrected chi connectivity index (χ4v) is 2.12. The number of rotatable bonds is 2. The molecule has 94 valence electrons. The molecule has 0 spiro atoms. The van der Waals surface area contributed by atoms with Gasteiger partial charge in [-0.25, -0.2) is 4.98 Å². The van der Waals surface area contributed by atoms with E-state index in [9.17, 15) is 0 Å². The Hall–Kier alpha value is -1.65. The molecule has 0 amide bonds. The van der Waals surface area contributed by atoms with Crippen LogP contribution in [0.25, 0.3) is 11.1 Å². The summed E-state index contributed by atoms with van der Waals surface area (Å²) in [6, 6.07) is 6.73. The van der Waals surface area contributed by atoms with E-state index in [-0.39, 0.29) is 0 Å². The third kappa shape index (κ3) is 2.30. The number of nitrogen functional groups attached to an aromatic ring is 2. The quantitative estimate of drug-likeness (QED) is 0.887. The second-order valence-electron chi connectivity index (χ2n) is 3.64. The predicted octanol–water partition coefficient (Wildman–Crippen LogP) is 3.23. The molecule has 2 aromatic rings. The molecular formula is C12H11Cl2N3O. The molecule has 4 N–H and O–H groups in total. The number of anilines is 2. The van der Waals surface area contributed by atoms with Crippen LogP contribution in [0.15, 0.2) is 24.3 Å². The number of nitrogens with zero attached hydrogens (tertiary/aromatic N) is 1. The van der Waals surface area contributed by atoms with E-state index >= 15 is 0 Å². The number of aromatic nitrogens is 1. The molecule has 6 heteroatoms. The highest BCUT2D eigenvalue weighted by atomic mass is 35.5. The van der Waals surface area contributed by atoms with Gasteiger partial charge in [0, 0.05) is 22.2 Å². The highest BCUT2D eigenvalue weighted by molar-refractivity contribution is 6.37. The number of ether oxygens (including phenoxy) is 1. The van der Waals surface area contributed by atoms with Gasteiger partial charge >= 0.3 is 0 Å². The molecule has 2 rings (SSSR count). The number of hydrogen-bond acceptors (Lipinski definition) is 4. The molecule has 0 aliphatic rings. The molecule has 1 aromatic carbocycles. The van der Waals surface area contributed by atoms with E-state index in [0.29, 0.717) is 38.6 Å². The van der Waals surface area contributed by atoms with Crippen molar-refractivity contribution in [3.05, 3.63) is 34.3 Å². The first-order valence-corrected chi connectivity index (χ1v) is 5.84. The SMILES string of the molecule is COc1cc(Cl)cc(-c2ccc(N)nc2N)c1Cl. The summed E-state index contributed by atoms with van der Waals surface area (Å²) in [4.78, 5) is 3.99. The number of halogens is 2. The molecule has 0 radical (unpaired) electrons. The van der Waals surface area contributed by atoms with Crippen molar-refractivity contribution in [1.82, 2.24) is 4.98 Å². The largest absolute Gasteiger partial charge is 0.495 e. The topological polar surface area (TPSA) is 74.2 Å². The maximum absolute atomic E-state index is 6.23. The molecule has 4 nitrogen and oxygen atoms in total. The van der Waals surface area contributed by atoms with Crippen molar-refractivity contribution in [3.8, 4) is 16.9 Å². The van der Waals surface area contributed by atoms with E-state index in [0.717, 1.165) is 0 Å². The Morgan fingerprint density at radius 1 is 1.11 bits per heavy atom. The summed E-state index contributed by atoms with van der Waals surface area (Å²) < 4.78 is 5.15. The molecule has 0 aliphatic carbocycles. The van der Waals surface area contributed by atoms with Gasteiger partial charge in [-0.3, -0.25) is 0 Å². The van der Waals surface area contributed by atoms with Crippen LogP contribution in [0.4, 0.5) is 11.6 Å². The van der Waals surface area contributed by atoms with Crippen LogP contribution in [-0.4, -0.2) is 12.1 Å². The summed E-state index contributed by atoms with van der Waals surface area (Å²) >= 11 is 12.2. The highest BCUT2D eigenvalue weighted by Gasteiger charge is 2.13. The summed E-state index contributed by atoms with van der Waals surface area (Å²) in [6.07, 6.45) is 0. The Kier molecular flexibility index (Phi) is 3.50. The van der Waals surface area contributed by atoms with E-state index in [1.165, 1.54) is 7.11 Å². The number of methoxy groups -OCH3 is 1. The van der Waals surface area contributed by atoms with E-state index in [1.54, 1.807) is 24.3 Å². The molecule has 18 heavy (non-hydrogen) atoms. The lowest BCUT2D eigenvalue weighted by Crippen LogP contribution is -1.99. The molecule has 1 aromatic heterocycles. The Bertz CT molecular complexity index is 602. The van der Waals surface area contributed by atoms with Crippen LogP contribution in [0.2, 0.25) is 10.0 Å². The standard InChI is InChI=1S/C12H11Cl2N3O/c1-18-9-5-6(13)4-8(11(9)14)7-2-3-10(15)17-12(7)16/h2-5H,1H3,(H4,15,16,17). The molecule has 0 bridgehead atoms. The van der Waals surface area contributed by atoms with Gasteiger partial charge in [0.25, 0.3) is 0 Å². The van der Waals surface area contributed by atoms with Crippen LogP contribution in [0.3, 0.4) is 0 Å². The lowest BCUT2D eigenvalue weighted by atomic mass is 10.1. The van der Waals surface area contributed by atoms with Crippen molar-refractivity contribution in [1.29, 1.82) is 0 Å². The van der Waals surface area contributed by atoms with Crippen molar-refractivity contribution in [2.24, 2.45) is 0 Å². The Morgan fingerprint density at radius 3 is 2.44 bits per heavy atom. The van der Waals surface area contributed by atoms with Crippen LogP contribution >= 0.6 is 23.2 Å². The van der Waals surface area contributed by atoms with Crippen LogP contribution in [-0.2, 0) is 0 Å². The second-order valence-corrected chi connectivity index (χ2v) is 4.45. The molecule has 0 atom stereocenters. The Labute approximate surface area is 114 Å². The first-order chi connectivity index (χ1) is 8.52. The highest BCUT2D eigenvalue weighted by Crippen LogP contribution is 2.39. The van der Waals surface area contributed by atoms with Gasteiger partial charge in [0.05, 0.1) is 12.1 Å². The average molecular weight is 284 g/mol. The summed E-state index contributed by atoms with van der Waals surface area (Å²) in [5.74, 6) is 1.12. The minimum Gasteiger partial charge on any atom is -0.495 e. The first kappa shape index (κ1) is 12.8. The van der Waals surface area contributed by atoms with Gasteiger partial charge in [0.2, 0.25) is 0 Å². The fraction of sp³-hybridized carbons (Fsp3) is 0.0833. The van der Waals surface area contributed by atoms with Gasteiger partial charge in [-0.2, -0.15) is 0 Å². The molecule has 0 saturated carbocycles. The zero-order chi connectivity index (χ0) is 13.3. The monoisotopic (exact) mass is 283 g/mol. The summed E-state index contributed by atoms with van der Waals surface area (Å²) in [7, 11) is 1.52. The van der Waals surface area contributed by atoms with Crippen LogP contribution < -0.4 is 16.2 Å². The van der Waals surface area contributed by atoms with Crippen LogP contribution in [0.5, 0.6) is 5.75 Å². The lowest BCUT2D eigenvalue weighted by molar-refractivity contribution is 0.415. The van der Waals surface area contributed by atoms with E-state index < -0.39 is 0 Å². The second kappa shape index (κ2) is 4.92. The first-order valence-electron chi connectivity index (χ1n) is 5.08. The minimum atomic E-state index is 0.293. The van der Waals surface area contributed by atoms with Gasteiger partial charge in [-0.05, 0) is 18.2 Å². The molecular weight excluding hydrogens is 273 g/mol. The fourth-order valence-electron chi connectivity index (χ4n) is 1.63. The predicted molar refractivity (Wildman–Crippen MR) is 75.1 cm³/mol. The number of hydrogen-bond donors (Lipinski definition) is 2. The van der Waals surface area contributed by atoms with Crippen molar-refractivity contribution in [2.75, 3.05) is 18.6 Å². The zero-order valence-corrected chi connectivity index (χ0v) is 11.1. The molecule has 0 saturated heterocycles. The smallest absolute Gasteiger partial charge is 0.139 e. The van der Waals surface area contributed by atoms with Crippen molar-refractivity contribution < 1.29 is 4.74 Å². The summed E-state index contributed by atoms with van der Waals surface area (Å²) in [5, 5.41) is 0.933. The molecule has 0 fully saturated rings. The third-order valence-electron chi connectivity index (χ3n) is 2.46. The van der Waals surface area contributed by atoms with Gasteiger partial charge in [0.15, 0.2) is 0 Å². The van der Waals surface area contributed by atoms with Crippen molar-refractivity contribution >= 4 is 34.8 Å². The van der Waals surface area contributed by atoms with Crippen LogP contribution in [0.1, 0.15) is 0 Å². The van der Waals surface area contributed by atoms with Crippen LogP contribution in [0, 0.1) is 0 Å². The molecule has 0 unspecified atom stereocenters. The number of benzene rings is 1. The van der Waals surface area contributed by atoms with Gasteiger partial charge in [-0.15, -0.1) is 0 Å². The lowest BCUT2D eigenvalue weighted by Gasteiger charge is -2.11. The van der Waals surface area contributed by atoms with E-state index in [2.05, 4.69) is 4.98 Å². The average Bonchev–Trinajstić information content (AvgIpc) is 2.32. The normalized spacial score (nSPS) is 10.4.